The monoisotopic (exact) mass is 268 g/mol. The Kier molecular flexibility index (Phi) is 4.66. The van der Waals surface area contributed by atoms with Gasteiger partial charge in [-0.25, -0.2) is 4.68 Å². The van der Waals surface area contributed by atoms with Crippen molar-refractivity contribution in [2.75, 3.05) is 23.4 Å². The Morgan fingerprint density at radius 2 is 2.56 bits per heavy atom. The number of carbonyl (C=O) groups excluding carboxylic acids is 1. The van der Waals surface area contributed by atoms with Crippen LogP contribution in [0.5, 0.6) is 0 Å². The third-order valence-corrected chi connectivity index (χ3v) is 3.99. The molecule has 1 saturated heterocycles. The molecule has 0 saturated carbocycles. The van der Waals surface area contributed by atoms with Gasteiger partial charge in [0.05, 0.1) is 6.20 Å². The Hall–Kier alpha value is -1.01. The molecule has 6 heteroatoms. The molecule has 1 aromatic rings. The summed E-state index contributed by atoms with van der Waals surface area (Å²) in [5.74, 6) is 2.98. The minimum absolute atomic E-state index is 0.0531. The van der Waals surface area contributed by atoms with Crippen molar-refractivity contribution >= 4 is 23.5 Å². The summed E-state index contributed by atoms with van der Waals surface area (Å²) < 4.78 is 1.82. The Morgan fingerprint density at radius 3 is 3.22 bits per heavy atom. The van der Waals surface area contributed by atoms with Gasteiger partial charge >= 0.3 is 0 Å². The number of hydrogen-bond donors (Lipinski definition) is 2. The van der Waals surface area contributed by atoms with Crippen LogP contribution in [-0.4, -0.2) is 39.8 Å². The fraction of sp³-hybridized carbons (Fsp3) is 0.667. The van der Waals surface area contributed by atoms with E-state index in [0.29, 0.717) is 12.5 Å². The molecular formula is C12H20N4OS. The standard InChI is InChI=1S/C12H20N4OS/c1-9(2)16-11(3-4-14-16)15-12(17)7-10-8-18-6-5-13-10/h3-4,9-10,13H,5-8H2,1-2H3,(H,15,17). The highest BCUT2D eigenvalue weighted by Crippen LogP contribution is 2.15. The van der Waals surface area contributed by atoms with E-state index in [1.54, 1.807) is 6.20 Å². The molecule has 0 aliphatic carbocycles. The average molecular weight is 268 g/mol. The van der Waals surface area contributed by atoms with Gasteiger partial charge in [0.2, 0.25) is 5.91 Å². The number of nitrogens with zero attached hydrogens (tertiary/aromatic N) is 2. The normalized spacial score (nSPS) is 20.1. The lowest BCUT2D eigenvalue weighted by atomic mass is 10.2. The number of nitrogens with one attached hydrogen (secondary N) is 2. The molecule has 0 aromatic carbocycles. The maximum absolute atomic E-state index is 12.0. The van der Waals surface area contributed by atoms with Crippen LogP contribution in [0.2, 0.25) is 0 Å². The number of thioether (sulfide) groups is 1. The van der Waals surface area contributed by atoms with E-state index in [0.717, 1.165) is 23.9 Å². The molecule has 2 N–H and O–H groups in total. The number of amides is 1. The summed E-state index contributed by atoms with van der Waals surface area (Å²) in [5, 5.41) is 10.5. The second kappa shape index (κ2) is 6.24. The highest BCUT2D eigenvalue weighted by atomic mass is 32.2. The Balaban J connectivity index is 1.88. The lowest BCUT2D eigenvalue weighted by molar-refractivity contribution is -0.116. The van der Waals surface area contributed by atoms with Crippen LogP contribution in [0.1, 0.15) is 26.3 Å². The Bertz CT molecular complexity index is 399. The quantitative estimate of drug-likeness (QED) is 0.869. The van der Waals surface area contributed by atoms with Crippen LogP contribution in [0.4, 0.5) is 5.82 Å². The van der Waals surface area contributed by atoms with Crippen molar-refractivity contribution in [3.63, 3.8) is 0 Å². The molecular weight excluding hydrogens is 248 g/mol. The van der Waals surface area contributed by atoms with Crippen LogP contribution in [0.15, 0.2) is 12.3 Å². The zero-order chi connectivity index (χ0) is 13.0. The second-order valence-electron chi connectivity index (χ2n) is 4.73. The summed E-state index contributed by atoms with van der Waals surface area (Å²) in [6, 6.07) is 2.37. The fourth-order valence-electron chi connectivity index (χ4n) is 1.99. The molecule has 100 valence electrons. The van der Waals surface area contributed by atoms with E-state index in [1.807, 2.05) is 36.4 Å². The SMILES string of the molecule is CC(C)n1nccc1NC(=O)CC1CSCCN1. The highest BCUT2D eigenvalue weighted by Gasteiger charge is 2.17. The smallest absolute Gasteiger partial charge is 0.227 e. The molecule has 5 nitrogen and oxygen atoms in total. The Morgan fingerprint density at radius 1 is 1.72 bits per heavy atom. The van der Waals surface area contributed by atoms with Crippen molar-refractivity contribution in [1.29, 1.82) is 0 Å². The summed E-state index contributed by atoms with van der Waals surface area (Å²) in [6.45, 7) is 5.08. The number of rotatable bonds is 4. The molecule has 0 radical (unpaired) electrons. The van der Waals surface area contributed by atoms with E-state index < -0.39 is 0 Å². The first-order valence-corrected chi connectivity index (χ1v) is 7.47. The van der Waals surface area contributed by atoms with Gasteiger partial charge in [0.25, 0.3) is 0 Å². The van der Waals surface area contributed by atoms with Crippen molar-refractivity contribution in [1.82, 2.24) is 15.1 Å². The highest BCUT2D eigenvalue weighted by molar-refractivity contribution is 7.99. The molecule has 2 rings (SSSR count). The van der Waals surface area contributed by atoms with Crippen molar-refractivity contribution in [3.8, 4) is 0 Å². The molecule has 1 atom stereocenters. The van der Waals surface area contributed by atoms with Gasteiger partial charge in [-0.2, -0.15) is 16.9 Å². The molecule has 1 aliphatic rings. The minimum atomic E-state index is 0.0531. The summed E-state index contributed by atoms with van der Waals surface area (Å²) >= 11 is 1.90. The Labute approximate surface area is 112 Å². The van der Waals surface area contributed by atoms with E-state index in [2.05, 4.69) is 15.7 Å². The van der Waals surface area contributed by atoms with Crippen molar-refractivity contribution in [3.05, 3.63) is 12.3 Å². The van der Waals surface area contributed by atoms with Crippen LogP contribution < -0.4 is 10.6 Å². The summed E-state index contributed by atoms with van der Waals surface area (Å²) in [5.41, 5.74) is 0. The molecule has 0 bridgehead atoms. The predicted molar refractivity (Wildman–Crippen MR) is 75.0 cm³/mol. The van der Waals surface area contributed by atoms with Crippen LogP contribution >= 0.6 is 11.8 Å². The first-order valence-electron chi connectivity index (χ1n) is 6.31. The third-order valence-electron chi connectivity index (χ3n) is 2.86. The number of anilines is 1. The van der Waals surface area contributed by atoms with Gasteiger partial charge in [0, 0.05) is 42.6 Å². The van der Waals surface area contributed by atoms with E-state index in [1.165, 1.54) is 0 Å². The lowest BCUT2D eigenvalue weighted by Gasteiger charge is -2.22. The maximum Gasteiger partial charge on any atom is 0.227 e. The predicted octanol–water partition coefficient (Wildman–Crippen LogP) is 1.50. The second-order valence-corrected chi connectivity index (χ2v) is 5.88. The molecule has 1 aliphatic heterocycles. The molecule has 0 spiro atoms. The van der Waals surface area contributed by atoms with Crippen LogP contribution in [0.3, 0.4) is 0 Å². The van der Waals surface area contributed by atoms with Crippen molar-refractivity contribution in [2.45, 2.75) is 32.4 Å². The average Bonchev–Trinajstić information content (AvgIpc) is 2.78. The number of carbonyl (C=O) groups is 1. The largest absolute Gasteiger partial charge is 0.312 e. The topological polar surface area (TPSA) is 59.0 Å². The van der Waals surface area contributed by atoms with Crippen LogP contribution in [0, 0.1) is 0 Å². The van der Waals surface area contributed by atoms with Gasteiger partial charge < -0.3 is 10.6 Å². The van der Waals surface area contributed by atoms with E-state index in [-0.39, 0.29) is 11.9 Å². The van der Waals surface area contributed by atoms with Crippen LogP contribution in [-0.2, 0) is 4.79 Å². The van der Waals surface area contributed by atoms with E-state index in [9.17, 15) is 4.79 Å². The number of aromatic nitrogens is 2. The molecule has 1 aromatic heterocycles. The molecule has 1 amide bonds. The van der Waals surface area contributed by atoms with Gasteiger partial charge in [-0.15, -0.1) is 0 Å². The van der Waals surface area contributed by atoms with E-state index in [4.69, 9.17) is 0 Å². The first-order chi connectivity index (χ1) is 8.66. The minimum Gasteiger partial charge on any atom is -0.312 e. The fourth-order valence-corrected chi connectivity index (χ4v) is 2.94. The molecule has 1 unspecified atom stereocenters. The van der Waals surface area contributed by atoms with Gasteiger partial charge in [-0.05, 0) is 13.8 Å². The van der Waals surface area contributed by atoms with Gasteiger partial charge in [-0.1, -0.05) is 0 Å². The van der Waals surface area contributed by atoms with Gasteiger partial charge in [-0.3, -0.25) is 4.79 Å². The summed E-state index contributed by atoms with van der Waals surface area (Å²) in [7, 11) is 0. The maximum atomic E-state index is 12.0. The molecule has 1 fully saturated rings. The number of hydrogen-bond acceptors (Lipinski definition) is 4. The third kappa shape index (κ3) is 3.49. The zero-order valence-corrected chi connectivity index (χ0v) is 11.7. The summed E-state index contributed by atoms with van der Waals surface area (Å²) in [6.07, 6.45) is 2.24. The van der Waals surface area contributed by atoms with Gasteiger partial charge in [0.1, 0.15) is 5.82 Å². The van der Waals surface area contributed by atoms with Gasteiger partial charge in [0.15, 0.2) is 0 Å². The van der Waals surface area contributed by atoms with Crippen LogP contribution in [0.25, 0.3) is 0 Å². The van der Waals surface area contributed by atoms with E-state index >= 15 is 0 Å². The first kappa shape index (κ1) is 13.4. The lowest BCUT2D eigenvalue weighted by Crippen LogP contribution is -2.40. The van der Waals surface area contributed by atoms with Crippen molar-refractivity contribution < 1.29 is 4.79 Å². The molecule has 18 heavy (non-hydrogen) atoms. The summed E-state index contributed by atoms with van der Waals surface area (Å²) in [4.78, 5) is 12.0. The van der Waals surface area contributed by atoms with Crippen molar-refractivity contribution in [2.24, 2.45) is 0 Å². The molecule has 2 heterocycles. The zero-order valence-electron chi connectivity index (χ0n) is 10.8.